The summed E-state index contributed by atoms with van der Waals surface area (Å²) in [4.78, 5) is 26.8. The molecule has 1 aromatic carbocycles. The minimum absolute atomic E-state index is 0.00734. The van der Waals surface area contributed by atoms with Crippen molar-refractivity contribution in [3.63, 3.8) is 0 Å². The summed E-state index contributed by atoms with van der Waals surface area (Å²) in [5.74, 6) is 0.545. The smallest absolute Gasteiger partial charge is 0.242 e. The predicted molar refractivity (Wildman–Crippen MR) is 96.1 cm³/mol. The highest BCUT2D eigenvalue weighted by molar-refractivity contribution is 5.87. The fraction of sp³-hybridized carbons (Fsp3) is 0.600. The van der Waals surface area contributed by atoms with Gasteiger partial charge in [-0.2, -0.15) is 0 Å². The maximum atomic E-state index is 12.8. The molecule has 3 atom stereocenters. The summed E-state index contributed by atoms with van der Waals surface area (Å²) >= 11 is 0. The van der Waals surface area contributed by atoms with Gasteiger partial charge >= 0.3 is 0 Å². The Kier molecular flexibility index (Phi) is 5.13. The van der Waals surface area contributed by atoms with Gasteiger partial charge in [0.2, 0.25) is 11.8 Å². The summed E-state index contributed by atoms with van der Waals surface area (Å²) < 4.78 is 5.70. The van der Waals surface area contributed by atoms with Crippen molar-refractivity contribution in [2.45, 2.75) is 39.2 Å². The molecule has 3 unspecified atom stereocenters. The molecule has 0 aromatic heterocycles. The number of hydrogen-bond acceptors (Lipinski definition) is 3. The van der Waals surface area contributed by atoms with Crippen LogP contribution < -0.4 is 5.32 Å². The molecule has 0 saturated carbocycles. The molecule has 2 heterocycles. The molecule has 25 heavy (non-hydrogen) atoms. The van der Waals surface area contributed by atoms with Crippen LogP contribution >= 0.6 is 0 Å². The number of ether oxygens (including phenoxy) is 1. The van der Waals surface area contributed by atoms with Crippen LogP contribution in [0.1, 0.15) is 38.7 Å². The van der Waals surface area contributed by atoms with Crippen LogP contribution in [0.2, 0.25) is 0 Å². The first kappa shape index (κ1) is 17.9. The van der Waals surface area contributed by atoms with Crippen LogP contribution in [0.4, 0.5) is 0 Å². The third kappa shape index (κ3) is 3.87. The highest BCUT2D eigenvalue weighted by Gasteiger charge is 2.45. The average molecular weight is 344 g/mol. The van der Waals surface area contributed by atoms with Crippen LogP contribution in [-0.4, -0.2) is 49.1 Å². The fourth-order valence-corrected chi connectivity index (χ4v) is 3.86. The van der Waals surface area contributed by atoms with Gasteiger partial charge < -0.3 is 15.0 Å². The van der Waals surface area contributed by atoms with Gasteiger partial charge in [0.05, 0.1) is 13.2 Å². The van der Waals surface area contributed by atoms with Gasteiger partial charge in [-0.15, -0.1) is 0 Å². The lowest BCUT2D eigenvalue weighted by Crippen LogP contribution is -2.47. The number of hydrogen-bond donors (Lipinski definition) is 1. The fourth-order valence-electron chi connectivity index (χ4n) is 3.86. The third-order valence-electron chi connectivity index (χ3n) is 5.30. The Morgan fingerprint density at radius 3 is 2.64 bits per heavy atom. The number of amides is 2. The van der Waals surface area contributed by atoms with Gasteiger partial charge in [-0.25, -0.2) is 0 Å². The largest absolute Gasteiger partial charge is 0.381 e. The lowest BCUT2D eigenvalue weighted by Gasteiger charge is -2.32. The standard InChI is InChI=1S/C20H28N2O3/c1-20(2,3)19(24)21-11-18(23)22-12-15(14-7-5-4-6-8-14)16-13-25-10-9-17(16)22/h4-8,15-17H,9-13H2,1-3H3,(H,21,24). The lowest BCUT2D eigenvalue weighted by atomic mass is 9.84. The number of fused-ring (bicyclic) bond motifs is 1. The highest BCUT2D eigenvalue weighted by Crippen LogP contribution is 2.40. The molecule has 2 aliphatic heterocycles. The first-order valence-electron chi connectivity index (χ1n) is 9.08. The Hall–Kier alpha value is -1.88. The minimum Gasteiger partial charge on any atom is -0.381 e. The molecule has 0 spiro atoms. The van der Waals surface area contributed by atoms with E-state index >= 15 is 0 Å². The van der Waals surface area contributed by atoms with Gasteiger partial charge in [0.1, 0.15) is 0 Å². The predicted octanol–water partition coefficient (Wildman–Crippen LogP) is 2.18. The van der Waals surface area contributed by atoms with Gasteiger partial charge in [0.25, 0.3) is 0 Å². The molecule has 2 saturated heterocycles. The number of rotatable bonds is 3. The first-order chi connectivity index (χ1) is 11.9. The van der Waals surface area contributed by atoms with Crippen LogP contribution in [0.5, 0.6) is 0 Å². The SMILES string of the molecule is CC(C)(C)C(=O)NCC(=O)N1CC(c2ccccc2)C2COCCC21. The third-order valence-corrected chi connectivity index (χ3v) is 5.30. The zero-order valence-electron chi connectivity index (χ0n) is 15.3. The Morgan fingerprint density at radius 1 is 1.24 bits per heavy atom. The van der Waals surface area contributed by atoms with Gasteiger partial charge in [0.15, 0.2) is 0 Å². The minimum atomic E-state index is -0.487. The average Bonchev–Trinajstić information content (AvgIpc) is 2.99. The van der Waals surface area contributed by atoms with Gasteiger partial charge in [-0.1, -0.05) is 51.1 Å². The summed E-state index contributed by atoms with van der Waals surface area (Å²) in [5.41, 5.74) is 0.774. The van der Waals surface area contributed by atoms with E-state index in [4.69, 9.17) is 4.74 Å². The van der Waals surface area contributed by atoms with Crippen molar-refractivity contribution in [3.8, 4) is 0 Å². The monoisotopic (exact) mass is 344 g/mol. The second-order valence-corrected chi connectivity index (χ2v) is 8.09. The van der Waals surface area contributed by atoms with Crippen molar-refractivity contribution in [2.75, 3.05) is 26.3 Å². The number of nitrogens with zero attached hydrogens (tertiary/aromatic N) is 1. The van der Waals surface area contributed by atoms with E-state index in [1.807, 2.05) is 43.9 Å². The summed E-state index contributed by atoms with van der Waals surface area (Å²) in [5, 5.41) is 2.79. The molecule has 0 aliphatic carbocycles. The number of likely N-dealkylation sites (tertiary alicyclic amines) is 1. The van der Waals surface area contributed by atoms with E-state index in [0.29, 0.717) is 31.6 Å². The van der Waals surface area contributed by atoms with Crippen LogP contribution in [0.3, 0.4) is 0 Å². The molecule has 0 bridgehead atoms. The van der Waals surface area contributed by atoms with Crippen LogP contribution in [0.15, 0.2) is 30.3 Å². The second kappa shape index (κ2) is 7.16. The van der Waals surface area contributed by atoms with Crippen LogP contribution in [0.25, 0.3) is 0 Å². The highest BCUT2D eigenvalue weighted by atomic mass is 16.5. The summed E-state index contributed by atoms with van der Waals surface area (Å²) in [6.07, 6.45) is 0.868. The molecule has 5 heteroatoms. The maximum Gasteiger partial charge on any atom is 0.242 e. The Bertz CT molecular complexity index is 624. The molecule has 2 fully saturated rings. The first-order valence-corrected chi connectivity index (χ1v) is 9.08. The van der Waals surface area contributed by atoms with Crippen molar-refractivity contribution in [1.29, 1.82) is 0 Å². The van der Waals surface area contributed by atoms with Gasteiger partial charge in [0, 0.05) is 36.4 Å². The summed E-state index contributed by atoms with van der Waals surface area (Å²) in [7, 11) is 0. The topological polar surface area (TPSA) is 58.6 Å². The van der Waals surface area contributed by atoms with Gasteiger partial charge in [-0.05, 0) is 12.0 Å². The van der Waals surface area contributed by atoms with Crippen molar-refractivity contribution in [1.82, 2.24) is 10.2 Å². The Morgan fingerprint density at radius 2 is 1.96 bits per heavy atom. The van der Waals surface area contributed by atoms with Crippen molar-refractivity contribution >= 4 is 11.8 Å². The number of benzene rings is 1. The summed E-state index contributed by atoms with van der Waals surface area (Å²) in [6, 6.07) is 10.6. The Balaban J connectivity index is 1.70. The lowest BCUT2D eigenvalue weighted by molar-refractivity contribution is -0.136. The van der Waals surface area contributed by atoms with Crippen molar-refractivity contribution in [3.05, 3.63) is 35.9 Å². The Labute approximate surface area is 149 Å². The van der Waals surface area contributed by atoms with Crippen molar-refractivity contribution < 1.29 is 14.3 Å². The molecule has 0 radical (unpaired) electrons. The summed E-state index contributed by atoms with van der Waals surface area (Å²) in [6.45, 7) is 7.71. The maximum absolute atomic E-state index is 12.8. The van der Waals surface area contributed by atoms with Gasteiger partial charge in [-0.3, -0.25) is 9.59 Å². The number of carbonyl (C=O) groups excluding carboxylic acids is 2. The zero-order valence-corrected chi connectivity index (χ0v) is 15.3. The molecule has 1 aromatic rings. The molecule has 2 amide bonds. The molecule has 5 nitrogen and oxygen atoms in total. The molecule has 2 aliphatic rings. The van der Waals surface area contributed by atoms with Crippen LogP contribution in [0, 0.1) is 11.3 Å². The van der Waals surface area contributed by atoms with Crippen molar-refractivity contribution in [2.24, 2.45) is 11.3 Å². The number of carbonyl (C=O) groups is 2. The van der Waals surface area contributed by atoms with E-state index in [9.17, 15) is 9.59 Å². The van der Waals surface area contributed by atoms with E-state index in [0.717, 1.165) is 6.42 Å². The van der Waals surface area contributed by atoms with E-state index in [-0.39, 0.29) is 24.4 Å². The molecular weight excluding hydrogens is 316 g/mol. The molecule has 1 N–H and O–H groups in total. The molecule has 136 valence electrons. The molecule has 3 rings (SSSR count). The second-order valence-electron chi connectivity index (χ2n) is 8.09. The quantitative estimate of drug-likeness (QED) is 0.914. The number of nitrogens with one attached hydrogen (secondary N) is 1. The van der Waals surface area contributed by atoms with E-state index in [1.165, 1.54) is 5.56 Å². The molecular formula is C20H28N2O3. The normalized spacial score (nSPS) is 26.2. The van der Waals surface area contributed by atoms with Crippen LogP contribution in [-0.2, 0) is 14.3 Å². The zero-order chi connectivity index (χ0) is 18.0. The van der Waals surface area contributed by atoms with E-state index in [1.54, 1.807) is 0 Å². The van der Waals surface area contributed by atoms with E-state index in [2.05, 4.69) is 17.4 Å². The van der Waals surface area contributed by atoms with E-state index < -0.39 is 5.41 Å².